The molecule has 0 fully saturated rings. The molecule has 0 amide bonds. The highest BCUT2D eigenvalue weighted by molar-refractivity contribution is 5.76. The molecule has 2 aromatic rings. The zero-order valence-corrected chi connectivity index (χ0v) is 10.9. The van der Waals surface area contributed by atoms with Crippen molar-refractivity contribution in [1.29, 1.82) is 0 Å². The number of fused-ring (bicyclic) bond motifs is 1. The third-order valence-corrected chi connectivity index (χ3v) is 3.56. The van der Waals surface area contributed by atoms with Crippen LogP contribution >= 0.6 is 0 Å². The minimum Gasteiger partial charge on any atom is -0.436 e. The topological polar surface area (TPSA) is 29.3 Å². The Labute approximate surface area is 107 Å². The number of rotatable bonds is 2. The predicted molar refractivity (Wildman–Crippen MR) is 73.5 cm³/mol. The molecule has 0 saturated carbocycles. The van der Waals surface area contributed by atoms with Gasteiger partial charge in [-0.15, -0.1) is 0 Å². The van der Waals surface area contributed by atoms with Crippen LogP contribution in [0.15, 0.2) is 28.7 Å². The second kappa shape index (κ2) is 4.58. The molecule has 0 bridgehead atoms. The second-order valence-corrected chi connectivity index (χ2v) is 4.86. The van der Waals surface area contributed by atoms with Gasteiger partial charge in [0.2, 0.25) is 5.89 Å². The maximum Gasteiger partial charge on any atom is 0.222 e. The predicted octanol–water partition coefficient (Wildman–Crippen LogP) is 3.25. The lowest BCUT2D eigenvalue weighted by Gasteiger charge is -2.23. The van der Waals surface area contributed by atoms with Crippen molar-refractivity contribution in [3.8, 4) is 0 Å². The molecule has 0 radical (unpaired) electrons. The van der Waals surface area contributed by atoms with Gasteiger partial charge in [0, 0.05) is 18.7 Å². The molecule has 1 aromatic heterocycles. The molecule has 1 aromatic carbocycles. The van der Waals surface area contributed by atoms with Crippen molar-refractivity contribution < 1.29 is 4.42 Å². The molecule has 0 unspecified atom stereocenters. The molecule has 0 atom stereocenters. The molecule has 3 rings (SSSR count). The van der Waals surface area contributed by atoms with E-state index in [0.29, 0.717) is 0 Å². The Balaban J connectivity index is 1.93. The number of likely N-dealkylation sites (N-methyl/N-ethyl adjacent to an activating group) is 1. The summed E-state index contributed by atoms with van der Waals surface area (Å²) in [4.78, 5) is 6.99. The van der Waals surface area contributed by atoms with Crippen LogP contribution in [0.4, 0.5) is 0 Å². The monoisotopic (exact) mass is 242 g/mol. The number of benzene rings is 1. The van der Waals surface area contributed by atoms with E-state index in [4.69, 9.17) is 4.42 Å². The van der Waals surface area contributed by atoms with E-state index < -0.39 is 0 Å². The van der Waals surface area contributed by atoms with E-state index in [-0.39, 0.29) is 0 Å². The van der Waals surface area contributed by atoms with Crippen molar-refractivity contribution in [2.75, 3.05) is 19.6 Å². The Bertz CT molecular complexity index is 598. The highest BCUT2D eigenvalue weighted by Gasteiger charge is 2.16. The van der Waals surface area contributed by atoms with Crippen LogP contribution in [-0.4, -0.2) is 29.5 Å². The van der Waals surface area contributed by atoms with E-state index in [1.165, 1.54) is 11.1 Å². The van der Waals surface area contributed by atoms with Crippen molar-refractivity contribution >= 4 is 16.7 Å². The number of aryl methyl sites for hydroxylation is 1. The lowest BCUT2D eigenvalue weighted by atomic mass is 10.1. The molecule has 0 aliphatic carbocycles. The Morgan fingerprint density at radius 1 is 1.39 bits per heavy atom. The van der Waals surface area contributed by atoms with Gasteiger partial charge in [0.15, 0.2) is 5.58 Å². The maximum atomic E-state index is 5.86. The van der Waals surface area contributed by atoms with Gasteiger partial charge in [-0.1, -0.05) is 19.1 Å². The van der Waals surface area contributed by atoms with E-state index in [2.05, 4.69) is 35.9 Å². The summed E-state index contributed by atoms with van der Waals surface area (Å²) < 4.78 is 5.86. The molecular formula is C15H18N2O. The first-order chi connectivity index (χ1) is 8.76. The quantitative estimate of drug-likeness (QED) is 0.809. The summed E-state index contributed by atoms with van der Waals surface area (Å²) >= 11 is 0. The van der Waals surface area contributed by atoms with Gasteiger partial charge in [-0.3, -0.25) is 4.90 Å². The van der Waals surface area contributed by atoms with Crippen molar-refractivity contribution in [3.05, 3.63) is 35.7 Å². The van der Waals surface area contributed by atoms with Crippen LogP contribution in [0.1, 0.15) is 24.8 Å². The van der Waals surface area contributed by atoms with Gasteiger partial charge in [0.25, 0.3) is 0 Å². The number of aromatic nitrogens is 1. The lowest BCUT2D eigenvalue weighted by Crippen LogP contribution is -2.28. The average Bonchev–Trinajstić information content (AvgIpc) is 2.81. The fourth-order valence-electron chi connectivity index (χ4n) is 2.36. The molecule has 1 aliphatic rings. The smallest absolute Gasteiger partial charge is 0.222 e. The summed E-state index contributed by atoms with van der Waals surface area (Å²) in [7, 11) is 0. The Hall–Kier alpha value is -1.61. The number of nitrogens with zero attached hydrogens (tertiary/aromatic N) is 2. The number of hydrogen-bond acceptors (Lipinski definition) is 3. The summed E-state index contributed by atoms with van der Waals surface area (Å²) in [6, 6.07) is 6.15. The highest BCUT2D eigenvalue weighted by atomic mass is 16.3. The zero-order chi connectivity index (χ0) is 12.5. The van der Waals surface area contributed by atoms with Crippen molar-refractivity contribution in [2.24, 2.45) is 0 Å². The standard InChI is InChI=1S/C15H18N2O/c1-3-17-8-6-12(7-9-17)15-16-13-5-4-11(2)10-14(13)18-15/h4-6,10H,3,7-9H2,1-2H3. The van der Waals surface area contributed by atoms with Gasteiger partial charge in [-0.2, -0.15) is 0 Å². The third-order valence-electron chi connectivity index (χ3n) is 3.56. The summed E-state index contributed by atoms with van der Waals surface area (Å²) in [5, 5.41) is 0. The molecule has 0 N–H and O–H groups in total. The van der Waals surface area contributed by atoms with E-state index in [1.54, 1.807) is 0 Å². The van der Waals surface area contributed by atoms with Gasteiger partial charge >= 0.3 is 0 Å². The summed E-state index contributed by atoms with van der Waals surface area (Å²) in [5.74, 6) is 0.798. The van der Waals surface area contributed by atoms with Crippen LogP contribution in [0.5, 0.6) is 0 Å². The molecule has 94 valence electrons. The normalized spacial score (nSPS) is 17.1. The van der Waals surface area contributed by atoms with E-state index in [9.17, 15) is 0 Å². The zero-order valence-electron chi connectivity index (χ0n) is 10.9. The lowest BCUT2D eigenvalue weighted by molar-refractivity contribution is 0.317. The molecule has 3 heteroatoms. The first-order valence-corrected chi connectivity index (χ1v) is 6.55. The van der Waals surface area contributed by atoms with Crippen LogP contribution in [0, 0.1) is 6.92 Å². The van der Waals surface area contributed by atoms with Gasteiger partial charge in [0.1, 0.15) is 5.52 Å². The van der Waals surface area contributed by atoms with Crippen LogP contribution in [-0.2, 0) is 0 Å². The summed E-state index contributed by atoms with van der Waals surface area (Å²) in [6.45, 7) is 7.47. The Morgan fingerprint density at radius 3 is 3.00 bits per heavy atom. The average molecular weight is 242 g/mol. The van der Waals surface area contributed by atoms with Crippen LogP contribution in [0.25, 0.3) is 16.7 Å². The number of oxazole rings is 1. The Kier molecular flexibility index (Phi) is 2.92. The molecule has 1 aliphatic heterocycles. The fourth-order valence-corrected chi connectivity index (χ4v) is 2.36. The molecule has 0 spiro atoms. The van der Waals surface area contributed by atoms with Gasteiger partial charge in [0.05, 0.1) is 0 Å². The number of hydrogen-bond donors (Lipinski definition) is 0. The molecule has 2 heterocycles. The molecule has 3 nitrogen and oxygen atoms in total. The largest absolute Gasteiger partial charge is 0.436 e. The van der Waals surface area contributed by atoms with Crippen LogP contribution in [0.2, 0.25) is 0 Å². The fraction of sp³-hybridized carbons (Fsp3) is 0.400. The first-order valence-electron chi connectivity index (χ1n) is 6.55. The third kappa shape index (κ3) is 2.06. The summed E-state index contributed by atoms with van der Waals surface area (Å²) in [6.07, 6.45) is 3.27. The van der Waals surface area contributed by atoms with E-state index in [0.717, 1.165) is 43.0 Å². The SMILES string of the molecule is CCN1CC=C(c2nc3ccc(C)cc3o2)CC1. The van der Waals surface area contributed by atoms with Crippen molar-refractivity contribution in [2.45, 2.75) is 20.3 Å². The van der Waals surface area contributed by atoms with Crippen LogP contribution in [0.3, 0.4) is 0 Å². The minimum absolute atomic E-state index is 0.798. The minimum atomic E-state index is 0.798. The maximum absolute atomic E-state index is 5.86. The van der Waals surface area contributed by atoms with Gasteiger partial charge < -0.3 is 4.42 Å². The van der Waals surface area contributed by atoms with E-state index in [1.807, 2.05) is 12.1 Å². The summed E-state index contributed by atoms with van der Waals surface area (Å²) in [5.41, 5.74) is 4.30. The van der Waals surface area contributed by atoms with Crippen molar-refractivity contribution in [1.82, 2.24) is 9.88 Å². The van der Waals surface area contributed by atoms with Crippen LogP contribution < -0.4 is 0 Å². The van der Waals surface area contributed by atoms with E-state index >= 15 is 0 Å². The first kappa shape index (κ1) is 11.5. The highest BCUT2D eigenvalue weighted by Crippen LogP contribution is 2.25. The Morgan fingerprint density at radius 2 is 2.28 bits per heavy atom. The molecular weight excluding hydrogens is 224 g/mol. The second-order valence-electron chi connectivity index (χ2n) is 4.86. The molecule has 18 heavy (non-hydrogen) atoms. The van der Waals surface area contributed by atoms with Gasteiger partial charge in [-0.25, -0.2) is 4.98 Å². The van der Waals surface area contributed by atoms with Gasteiger partial charge in [-0.05, 0) is 37.6 Å². The van der Waals surface area contributed by atoms with Crippen molar-refractivity contribution in [3.63, 3.8) is 0 Å². The molecule has 0 saturated heterocycles.